The molecule has 0 aliphatic carbocycles. The fourth-order valence-electron chi connectivity index (χ4n) is 18.7. The van der Waals surface area contributed by atoms with Crippen molar-refractivity contribution in [3.05, 3.63) is 461 Å². The van der Waals surface area contributed by atoms with E-state index < -0.39 is 0 Å². The molecule has 0 saturated heterocycles. The lowest BCUT2D eigenvalue weighted by Gasteiger charge is -2.17. The van der Waals surface area contributed by atoms with E-state index in [2.05, 4.69) is 419 Å². The van der Waals surface area contributed by atoms with Gasteiger partial charge in [-0.3, -0.25) is 0 Å². The van der Waals surface area contributed by atoms with Gasteiger partial charge in [0.05, 0.1) is 61.2 Å². The SMILES string of the molecule is c1ccc(-c2cc(-c3ccccc3-c3ccc4c(c3)c3ccccc3n4-c3cccc(-c4cccc5c6ccccc6n(-c6ccccc6)c45)c3)cc(-c3ccccc3)n2)cc1.c1ccc(-c2nc(-c3ccccc3)nc(-c3ccc(-c4ccc5c(c4)c4ccccc4n5-c4ccccc4-c4cccc5c6ccccc6n(-c6ccccc6)c45)cc3)n2)cc1. The molecule has 8 heteroatoms. The number of benzene rings is 18. The summed E-state index contributed by atoms with van der Waals surface area (Å²) in [7, 11) is 0. The number of nitrogens with zero attached hydrogens (tertiary/aromatic N) is 8. The molecular weight excluding hydrogens is 1510 g/mol. The molecule has 0 spiro atoms. The lowest BCUT2D eigenvalue weighted by molar-refractivity contribution is 1.07. The maximum Gasteiger partial charge on any atom is 0.164 e. The second-order valence-electron chi connectivity index (χ2n) is 31.5. The zero-order chi connectivity index (χ0) is 82.0. The standard InChI is InChI=1S/C59H39N3.C57H37N5/c1-4-18-40(19-5-1)54-38-44(39-55(60-54)41-20-6-2-7-21-41)48-27-11-10-26-47(48)43-34-35-58-53(37-43)51-29-13-14-32-56(51)61(58)46-25-16-22-42(36-46)49-30-17-31-52-50-28-12-15-33-57(50)62(59(49)52)45-23-8-3-9-24-45;1-4-17-39(18-5-1)55-58-56(40-19-6-2-7-20-40)60-57(59-55)41-33-31-38(32-34-41)42-35-36-53-49(37-42)46-25-12-15-30-52(46)62(53)51-29-14-11-24-45(51)48-27-16-26-47-44-23-10-13-28-50(44)61(54(47)48)43-21-8-3-9-22-43/h1-39H;1-37H. The van der Waals surface area contributed by atoms with Gasteiger partial charge in [0.15, 0.2) is 17.5 Å². The highest BCUT2D eigenvalue weighted by Gasteiger charge is 2.25. The third kappa shape index (κ3) is 12.8. The van der Waals surface area contributed by atoms with E-state index in [-0.39, 0.29) is 0 Å². The van der Waals surface area contributed by atoms with Gasteiger partial charge in [-0.05, 0) is 142 Å². The molecule has 124 heavy (non-hydrogen) atoms. The number of pyridine rings is 1. The minimum atomic E-state index is 0.640. The molecule has 6 heterocycles. The molecule has 0 N–H and O–H groups in total. The van der Waals surface area contributed by atoms with Gasteiger partial charge in [0.25, 0.3) is 0 Å². The third-order valence-electron chi connectivity index (χ3n) is 24.3. The van der Waals surface area contributed by atoms with Crippen LogP contribution in [0.4, 0.5) is 0 Å². The van der Waals surface area contributed by atoms with Crippen LogP contribution in [0, 0.1) is 0 Å². The van der Waals surface area contributed by atoms with Crippen LogP contribution in [0.15, 0.2) is 461 Å². The summed E-state index contributed by atoms with van der Waals surface area (Å²) in [6.07, 6.45) is 0. The van der Waals surface area contributed by atoms with Crippen LogP contribution in [0.5, 0.6) is 0 Å². The van der Waals surface area contributed by atoms with Crippen LogP contribution in [0.1, 0.15) is 0 Å². The third-order valence-corrected chi connectivity index (χ3v) is 24.3. The molecule has 0 bridgehead atoms. The Morgan fingerprint density at radius 2 is 0.460 bits per heavy atom. The normalized spacial score (nSPS) is 11.5. The number of aromatic nitrogens is 8. The van der Waals surface area contributed by atoms with Gasteiger partial charge >= 0.3 is 0 Å². The first-order valence-corrected chi connectivity index (χ1v) is 42.2. The van der Waals surface area contributed by atoms with Gasteiger partial charge in [-0.1, -0.05) is 358 Å². The maximum atomic E-state index is 5.17. The number of hydrogen-bond donors (Lipinski definition) is 0. The van der Waals surface area contributed by atoms with Crippen molar-refractivity contribution < 1.29 is 0 Å². The van der Waals surface area contributed by atoms with E-state index in [0.29, 0.717) is 17.5 Å². The fourth-order valence-corrected chi connectivity index (χ4v) is 18.7. The van der Waals surface area contributed by atoms with E-state index in [4.69, 9.17) is 19.9 Å². The molecule has 0 aliphatic rings. The smallest absolute Gasteiger partial charge is 0.164 e. The summed E-state index contributed by atoms with van der Waals surface area (Å²) < 4.78 is 9.71. The van der Waals surface area contributed by atoms with Crippen molar-refractivity contribution in [3.63, 3.8) is 0 Å². The Labute approximate surface area is 716 Å². The van der Waals surface area contributed by atoms with Crippen LogP contribution in [0.3, 0.4) is 0 Å². The Morgan fingerprint density at radius 1 is 0.145 bits per heavy atom. The number of rotatable bonds is 14. The lowest BCUT2D eigenvalue weighted by atomic mass is 9.92. The number of para-hydroxylation sites is 9. The Hall–Kier alpha value is -16.7. The van der Waals surface area contributed by atoms with Crippen molar-refractivity contribution in [2.24, 2.45) is 0 Å². The minimum Gasteiger partial charge on any atom is -0.309 e. The van der Waals surface area contributed by atoms with Gasteiger partial charge < -0.3 is 18.3 Å². The van der Waals surface area contributed by atoms with Crippen molar-refractivity contribution in [1.29, 1.82) is 0 Å². The van der Waals surface area contributed by atoms with Crippen LogP contribution >= 0.6 is 0 Å². The molecule has 0 aliphatic heterocycles. The van der Waals surface area contributed by atoms with Crippen molar-refractivity contribution in [2.75, 3.05) is 0 Å². The van der Waals surface area contributed by atoms with Crippen molar-refractivity contribution in [2.45, 2.75) is 0 Å². The fraction of sp³-hybridized carbons (Fsp3) is 0. The molecule has 580 valence electrons. The second-order valence-corrected chi connectivity index (χ2v) is 31.5. The quantitative estimate of drug-likeness (QED) is 0.109. The minimum absolute atomic E-state index is 0.640. The molecule has 6 aromatic heterocycles. The largest absolute Gasteiger partial charge is 0.309 e. The number of fused-ring (bicyclic) bond motifs is 12. The Balaban J connectivity index is 0.000000143. The Kier molecular flexibility index (Phi) is 18.1. The van der Waals surface area contributed by atoms with E-state index in [9.17, 15) is 0 Å². The zero-order valence-corrected chi connectivity index (χ0v) is 67.5. The molecule has 24 rings (SSSR count). The summed E-state index contributed by atoms with van der Waals surface area (Å²) in [6.45, 7) is 0. The van der Waals surface area contributed by atoms with Gasteiger partial charge in [-0.2, -0.15) is 0 Å². The highest BCUT2D eigenvalue weighted by molar-refractivity contribution is 6.17. The number of hydrogen-bond acceptors (Lipinski definition) is 4. The lowest BCUT2D eigenvalue weighted by Crippen LogP contribution is -2.00. The molecule has 0 saturated carbocycles. The highest BCUT2D eigenvalue weighted by atomic mass is 15.0. The van der Waals surface area contributed by atoms with Gasteiger partial charge in [0.1, 0.15) is 0 Å². The molecule has 0 radical (unpaired) electrons. The van der Waals surface area contributed by atoms with Crippen LogP contribution in [-0.2, 0) is 0 Å². The molecule has 0 unspecified atom stereocenters. The summed E-state index contributed by atoms with van der Waals surface area (Å²) in [5.41, 5.74) is 32.6. The van der Waals surface area contributed by atoms with Gasteiger partial charge in [-0.15, -0.1) is 0 Å². The average Bonchev–Trinajstić information content (AvgIpc) is 1.55. The van der Waals surface area contributed by atoms with Crippen LogP contribution in [-0.4, -0.2) is 38.2 Å². The summed E-state index contributed by atoms with van der Waals surface area (Å²) in [4.78, 5) is 20.0. The van der Waals surface area contributed by atoms with E-state index in [0.717, 1.165) is 89.7 Å². The Bertz CT molecular complexity index is 8080. The first-order valence-electron chi connectivity index (χ1n) is 42.2. The molecule has 24 aromatic rings. The second kappa shape index (κ2) is 30.9. The topological polar surface area (TPSA) is 71.3 Å². The van der Waals surface area contributed by atoms with Gasteiger partial charge in [-0.25, -0.2) is 19.9 Å². The maximum absolute atomic E-state index is 5.17. The molecule has 8 nitrogen and oxygen atoms in total. The highest BCUT2D eigenvalue weighted by Crippen LogP contribution is 2.47. The van der Waals surface area contributed by atoms with Crippen LogP contribution in [0.2, 0.25) is 0 Å². The van der Waals surface area contributed by atoms with Crippen molar-refractivity contribution >= 4 is 87.2 Å². The average molecular weight is 1580 g/mol. The zero-order valence-electron chi connectivity index (χ0n) is 67.5. The molecule has 18 aromatic carbocycles. The predicted octanol–water partition coefficient (Wildman–Crippen LogP) is 30.0. The van der Waals surface area contributed by atoms with E-state index in [1.54, 1.807) is 0 Å². The summed E-state index contributed by atoms with van der Waals surface area (Å²) in [5.74, 6) is 1.94. The van der Waals surface area contributed by atoms with E-state index >= 15 is 0 Å². The van der Waals surface area contributed by atoms with E-state index in [1.165, 1.54) is 115 Å². The monoisotopic (exact) mass is 1580 g/mol. The predicted molar refractivity (Wildman–Crippen MR) is 516 cm³/mol. The van der Waals surface area contributed by atoms with Crippen LogP contribution < -0.4 is 0 Å². The van der Waals surface area contributed by atoms with Gasteiger partial charge in [0.2, 0.25) is 0 Å². The molecular formula is C116H76N8. The molecule has 0 amide bonds. The first kappa shape index (κ1) is 72.5. The van der Waals surface area contributed by atoms with Crippen molar-refractivity contribution in [1.82, 2.24) is 38.2 Å². The summed E-state index contributed by atoms with van der Waals surface area (Å²) >= 11 is 0. The van der Waals surface area contributed by atoms with E-state index in [1.807, 2.05) is 60.7 Å². The molecule has 0 fully saturated rings. The summed E-state index contributed by atoms with van der Waals surface area (Å²) in [5, 5.41) is 9.82. The van der Waals surface area contributed by atoms with Crippen molar-refractivity contribution in [3.8, 4) is 135 Å². The molecule has 0 atom stereocenters. The Morgan fingerprint density at radius 3 is 0.984 bits per heavy atom. The van der Waals surface area contributed by atoms with Crippen LogP contribution in [0.25, 0.3) is 222 Å². The summed E-state index contributed by atoms with van der Waals surface area (Å²) in [6, 6.07) is 165. The first-order chi connectivity index (χ1) is 61.5. The van der Waals surface area contributed by atoms with Gasteiger partial charge in [0, 0.05) is 105 Å².